The van der Waals surface area contributed by atoms with Crippen molar-refractivity contribution >= 4 is 41.8 Å². The molecular weight excluding hydrogens is 431 g/mol. The Bertz CT molecular complexity index is 738. The maximum atomic E-state index is 13.9. The number of aliphatic hydroxyl groups is 1. The van der Waals surface area contributed by atoms with E-state index in [2.05, 4.69) is 0 Å². The van der Waals surface area contributed by atoms with Gasteiger partial charge in [-0.15, -0.1) is 0 Å². The molecule has 0 saturated carbocycles. The summed E-state index contributed by atoms with van der Waals surface area (Å²) in [4.78, 5) is 24.5. The van der Waals surface area contributed by atoms with Gasteiger partial charge >= 0.3 is 6.72 Å². The Balaban J connectivity index is 1.93. The summed E-state index contributed by atoms with van der Waals surface area (Å²) in [6, 6.07) is 0. The second-order valence-electron chi connectivity index (χ2n) is 6.53. The van der Waals surface area contributed by atoms with Gasteiger partial charge in [0.25, 0.3) is 6.43 Å². The monoisotopic (exact) mass is 447 g/mol. The molecule has 0 radical (unpaired) electrons. The van der Waals surface area contributed by atoms with E-state index >= 15 is 0 Å². The highest BCUT2D eigenvalue weighted by Gasteiger charge is 2.67. The summed E-state index contributed by atoms with van der Waals surface area (Å²) in [7, 11) is 0. The lowest BCUT2D eigenvalue weighted by Gasteiger charge is -2.41. The minimum atomic E-state index is -3.40. The maximum Gasteiger partial charge on any atom is 0.328 e. The van der Waals surface area contributed by atoms with Crippen LogP contribution in [0.25, 0.3) is 0 Å². The van der Waals surface area contributed by atoms with E-state index in [9.17, 15) is 23.5 Å². The average Bonchev–Trinajstić information content (AvgIpc) is 2.84. The number of ketones is 1. The van der Waals surface area contributed by atoms with Gasteiger partial charge in [0.15, 0.2) is 17.6 Å². The van der Waals surface area contributed by atoms with Gasteiger partial charge in [-0.25, -0.2) is 8.78 Å². The normalized spacial score (nSPS) is 39.9. The Morgan fingerprint density at radius 1 is 1.48 bits per heavy atom. The maximum absolute atomic E-state index is 13.9. The first-order chi connectivity index (χ1) is 12.5. The van der Waals surface area contributed by atoms with Crippen LogP contribution in [0.1, 0.15) is 20.3 Å². The summed E-state index contributed by atoms with van der Waals surface area (Å²) in [5.74, 6) is -1.37. The number of hydrogen-bond donors (Lipinski definition) is 1. The predicted molar refractivity (Wildman–Crippen MR) is 91.4 cm³/mol. The number of Topliss-reactive ketones (excluding diaryl/α,β-unsaturated/α-hetero) is 1. The van der Waals surface area contributed by atoms with Crippen molar-refractivity contribution in [3.63, 3.8) is 0 Å². The van der Waals surface area contributed by atoms with Gasteiger partial charge in [0.2, 0.25) is 5.91 Å². The number of allylic oxidation sites excluding steroid dienone is 1. The van der Waals surface area contributed by atoms with Gasteiger partial charge in [0.05, 0.1) is 19.1 Å². The zero-order valence-electron chi connectivity index (χ0n) is 14.2. The van der Waals surface area contributed by atoms with Crippen molar-refractivity contribution in [2.45, 2.75) is 56.8 Å². The molecule has 3 rings (SSSR count). The van der Waals surface area contributed by atoms with Crippen LogP contribution in [0.5, 0.6) is 0 Å². The number of carbonyl (C=O) groups excluding carboxylic acids is 2. The fourth-order valence-corrected chi connectivity index (χ4v) is 5.74. The second kappa shape index (κ2) is 7.38. The van der Waals surface area contributed by atoms with E-state index in [1.165, 1.54) is 0 Å². The van der Waals surface area contributed by atoms with Gasteiger partial charge in [-0.3, -0.25) is 19.0 Å². The summed E-state index contributed by atoms with van der Waals surface area (Å²) in [6.45, 7) is -0.765. The third kappa shape index (κ3) is 3.72. The quantitative estimate of drug-likeness (QED) is 0.513. The number of fused-ring (bicyclic) bond motifs is 1. The number of aliphatic hydroxyl groups excluding tert-OH is 1. The molecular formula is C14H17ClF2NO7PS. The van der Waals surface area contributed by atoms with E-state index in [1.54, 1.807) is 13.8 Å². The largest absolute Gasteiger partial charge is 0.386 e. The summed E-state index contributed by atoms with van der Waals surface area (Å²) in [5, 5.41) is 10.3. The van der Waals surface area contributed by atoms with Crippen molar-refractivity contribution in [3.05, 3.63) is 11.2 Å². The number of hydrogen-bond acceptors (Lipinski definition) is 8. The van der Waals surface area contributed by atoms with E-state index in [4.69, 9.17) is 41.7 Å². The molecule has 0 aliphatic carbocycles. The van der Waals surface area contributed by atoms with Gasteiger partial charge in [-0.05, 0) is 25.7 Å². The van der Waals surface area contributed by atoms with Crippen molar-refractivity contribution in [2.24, 2.45) is 0 Å². The van der Waals surface area contributed by atoms with Crippen LogP contribution in [-0.4, -0.2) is 64.9 Å². The number of ether oxygens (including phenoxy) is 1. The average molecular weight is 448 g/mol. The van der Waals surface area contributed by atoms with Gasteiger partial charge in [0.1, 0.15) is 17.2 Å². The molecule has 0 aromatic heterocycles. The molecule has 0 aromatic rings. The van der Waals surface area contributed by atoms with Gasteiger partial charge in [0, 0.05) is 6.20 Å². The molecule has 1 unspecified atom stereocenters. The summed E-state index contributed by atoms with van der Waals surface area (Å²) in [5.41, 5.74) is -2.35. The van der Waals surface area contributed by atoms with E-state index < -0.39 is 68.0 Å². The van der Waals surface area contributed by atoms with Crippen LogP contribution in [0, 0.1) is 0 Å². The molecule has 3 aliphatic rings. The third-order valence-corrected chi connectivity index (χ3v) is 6.97. The van der Waals surface area contributed by atoms with Crippen LogP contribution in [0.4, 0.5) is 8.78 Å². The van der Waals surface area contributed by atoms with Crippen LogP contribution in [0.3, 0.4) is 0 Å². The predicted octanol–water partition coefficient (Wildman–Crippen LogP) is 1.65. The minimum absolute atomic E-state index is 0.281. The highest BCUT2D eigenvalue weighted by atomic mass is 35.5. The minimum Gasteiger partial charge on any atom is -0.386 e. The van der Waals surface area contributed by atoms with Crippen LogP contribution in [-0.2, 0) is 39.7 Å². The smallest absolute Gasteiger partial charge is 0.328 e. The molecule has 1 N–H and O–H groups in total. The van der Waals surface area contributed by atoms with Crippen molar-refractivity contribution in [2.75, 3.05) is 6.61 Å². The Hall–Kier alpha value is -0.520. The van der Waals surface area contributed by atoms with E-state index in [0.29, 0.717) is 0 Å². The zero-order valence-corrected chi connectivity index (χ0v) is 16.7. The van der Waals surface area contributed by atoms with Crippen LogP contribution in [0.2, 0.25) is 0 Å². The number of carbonyl (C=O) groups is 2. The lowest BCUT2D eigenvalue weighted by molar-refractivity contribution is -0.209. The van der Waals surface area contributed by atoms with Crippen LogP contribution in [0.15, 0.2) is 11.2 Å². The molecule has 0 spiro atoms. The Kier molecular flexibility index (Phi) is 5.80. The summed E-state index contributed by atoms with van der Waals surface area (Å²) < 4.78 is 49.3. The van der Waals surface area contributed by atoms with Gasteiger partial charge < -0.3 is 18.9 Å². The first kappa shape index (κ1) is 21.2. The topological polar surface area (TPSA) is 94.5 Å². The molecule has 1 amide bonds. The second-order valence-corrected chi connectivity index (χ2v) is 9.86. The molecule has 3 heterocycles. The van der Waals surface area contributed by atoms with E-state index in [0.717, 1.165) is 11.1 Å². The lowest BCUT2D eigenvalue weighted by atomic mass is 9.96. The van der Waals surface area contributed by atoms with Crippen LogP contribution < -0.4 is 0 Å². The van der Waals surface area contributed by atoms with Gasteiger partial charge in [-0.1, -0.05) is 11.6 Å². The number of nitrogens with zero attached hydrogens (tertiary/aromatic N) is 1. The number of halogens is 3. The first-order valence-electron chi connectivity index (χ1n) is 7.96. The molecule has 13 heteroatoms. The standard InChI is InChI=1S/C14H17ClF2NO7PS/c1-6(2)24-26(27)22-5-14(13(16)17)11(25-26)10(21)12(23-14)18-4-7(15)8(19)3-9(18)20/h4,6,10-13,21H,3,5H2,1-2H3/t10-,11-,12+,14+,26?/m0/s1. The summed E-state index contributed by atoms with van der Waals surface area (Å²) in [6.07, 6.45) is -7.99. The van der Waals surface area contributed by atoms with Crippen molar-refractivity contribution in [3.8, 4) is 0 Å². The van der Waals surface area contributed by atoms with Crippen molar-refractivity contribution < 1.29 is 41.8 Å². The van der Waals surface area contributed by atoms with Crippen LogP contribution >= 0.6 is 18.3 Å². The molecule has 2 saturated heterocycles. The van der Waals surface area contributed by atoms with Crippen molar-refractivity contribution in [1.82, 2.24) is 4.90 Å². The Morgan fingerprint density at radius 2 is 2.15 bits per heavy atom. The SMILES string of the molecule is CC(C)OP1(=S)OC[C@@]2(C(F)F)O[C@@H](N3C=C(Cl)C(=O)CC3=O)[C@@H](O)[C@@H]2O1. The molecule has 0 aromatic carbocycles. The number of rotatable bonds is 4. The Labute approximate surface area is 163 Å². The van der Waals surface area contributed by atoms with E-state index in [-0.39, 0.29) is 5.03 Å². The highest BCUT2D eigenvalue weighted by molar-refractivity contribution is 8.07. The summed E-state index contributed by atoms with van der Waals surface area (Å²) >= 11 is 10.9. The lowest BCUT2D eigenvalue weighted by Crippen LogP contribution is -2.56. The fraction of sp³-hybridized carbons (Fsp3) is 0.714. The number of alkyl halides is 2. The zero-order chi connectivity index (χ0) is 20.1. The fourth-order valence-electron chi connectivity index (χ4n) is 2.99. The Morgan fingerprint density at radius 3 is 2.74 bits per heavy atom. The number of amides is 1. The van der Waals surface area contributed by atoms with E-state index in [1.807, 2.05) is 0 Å². The molecule has 5 atom stereocenters. The first-order valence-corrected chi connectivity index (χ1v) is 10.9. The molecule has 27 heavy (non-hydrogen) atoms. The van der Waals surface area contributed by atoms with Gasteiger partial charge in [-0.2, -0.15) is 0 Å². The molecule has 152 valence electrons. The molecule has 0 bridgehead atoms. The molecule has 2 fully saturated rings. The molecule has 8 nitrogen and oxygen atoms in total. The highest BCUT2D eigenvalue weighted by Crippen LogP contribution is 2.60. The van der Waals surface area contributed by atoms with Crippen molar-refractivity contribution in [1.29, 1.82) is 0 Å². The third-order valence-electron chi connectivity index (χ3n) is 4.22. The molecule has 3 aliphatic heterocycles.